The molecule has 1 heterocycles. The molecule has 1 aromatic heterocycles. The quantitative estimate of drug-likeness (QED) is 0.761. The predicted molar refractivity (Wildman–Crippen MR) is 88.6 cm³/mol. The lowest BCUT2D eigenvalue weighted by Crippen LogP contribution is -2.34. The molecule has 25 heavy (non-hydrogen) atoms. The molecule has 0 saturated heterocycles. The number of nitrogens with one attached hydrogen (secondary N) is 1. The van der Waals surface area contributed by atoms with Gasteiger partial charge in [0.25, 0.3) is 5.91 Å². The molecule has 1 unspecified atom stereocenters. The molecule has 3 rings (SSSR count). The molecule has 0 aliphatic heterocycles. The molecule has 1 fully saturated rings. The van der Waals surface area contributed by atoms with E-state index in [-0.39, 0.29) is 24.8 Å². The van der Waals surface area contributed by atoms with Crippen molar-refractivity contribution in [2.24, 2.45) is 5.92 Å². The van der Waals surface area contributed by atoms with Crippen LogP contribution >= 0.6 is 0 Å². The monoisotopic (exact) mass is 344 g/mol. The smallest absolute Gasteiger partial charge is 0.308 e. The van der Waals surface area contributed by atoms with Crippen LogP contribution in [0, 0.1) is 5.92 Å². The van der Waals surface area contributed by atoms with E-state index in [1.807, 2.05) is 18.2 Å². The lowest BCUT2D eigenvalue weighted by Gasteiger charge is -2.15. The summed E-state index contributed by atoms with van der Waals surface area (Å²) >= 11 is 0. The van der Waals surface area contributed by atoms with Crippen LogP contribution in [0.5, 0.6) is 5.75 Å². The fourth-order valence-electron chi connectivity index (χ4n) is 2.76. The topological polar surface area (TPSA) is 102 Å². The number of aliphatic carboxylic acids is 1. The molecule has 2 N–H and O–H groups in total. The minimum atomic E-state index is -0.973. The summed E-state index contributed by atoms with van der Waals surface area (Å²) in [5, 5.41) is 16.0. The molecule has 7 nitrogen and oxygen atoms in total. The molecule has 0 radical (unpaired) electrons. The number of methoxy groups -OCH3 is 1. The van der Waals surface area contributed by atoms with Gasteiger partial charge in [-0.1, -0.05) is 23.4 Å². The molecular formula is C18H20N2O5. The van der Waals surface area contributed by atoms with Crippen LogP contribution in [0.25, 0.3) is 0 Å². The number of amides is 1. The summed E-state index contributed by atoms with van der Waals surface area (Å²) in [4.78, 5) is 23.9. The Morgan fingerprint density at radius 3 is 2.84 bits per heavy atom. The van der Waals surface area contributed by atoms with E-state index in [1.54, 1.807) is 13.2 Å². The fourth-order valence-corrected chi connectivity index (χ4v) is 2.76. The average Bonchev–Trinajstić information content (AvgIpc) is 3.34. The van der Waals surface area contributed by atoms with Crippen molar-refractivity contribution in [3.8, 4) is 5.75 Å². The summed E-state index contributed by atoms with van der Waals surface area (Å²) < 4.78 is 10.2. The van der Waals surface area contributed by atoms with E-state index in [4.69, 9.17) is 9.26 Å². The molecule has 2 aromatic rings. The summed E-state index contributed by atoms with van der Waals surface area (Å²) in [5.74, 6) is -1.17. The largest absolute Gasteiger partial charge is 0.496 e. The van der Waals surface area contributed by atoms with E-state index in [1.165, 1.54) is 6.26 Å². The lowest BCUT2D eigenvalue weighted by molar-refractivity contribution is -0.141. The normalized spacial score (nSPS) is 14.8. The maximum Gasteiger partial charge on any atom is 0.308 e. The third-order valence-corrected chi connectivity index (χ3v) is 4.32. The van der Waals surface area contributed by atoms with Gasteiger partial charge in [0, 0.05) is 12.5 Å². The number of hydrogen-bond donors (Lipinski definition) is 2. The summed E-state index contributed by atoms with van der Waals surface area (Å²) in [5.41, 5.74) is 1.84. The van der Waals surface area contributed by atoms with Crippen molar-refractivity contribution in [3.63, 3.8) is 0 Å². The first-order valence-electron chi connectivity index (χ1n) is 8.17. The zero-order valence-electron chi connectivity index (χ0n) is 13.9. The van der Waals surface area contributed by atoms with Gasteiger partial charge in [-0.2, -0.15) is 0 Å². The SMILES string of the molecule is COc1ccccc1CC(CNC(=O)c1conc1C1CC1)C(=O)O. The second kappa shape index (κ2) is 7.38. The van der Waals surface area contributed by atoms with E-state index in [9.17, 15) is 14.7 Å². The summed E-state index contributed by atoms with van der Waals surface area (Å²) in [6, 6.07) is 7.26. The number of nitrogens with zero attached hydrogens (tertiary/aromatic N) is 1. The third kappa shape index (κ3) is 3.99. The maximum absolute atomic E-state index is 12.3. The van der Waals surface area contributed by atoms with E-state index < -0.39 is 11.9 Å². The van der Waals surface area contributed by atoms with E-state index in [0.717, 1.165) is 18.4 Å². The lowest BCUT2D eigenvalue weighted by atomic mass is 9.98. The van der Waals surface area contributed by atoms with Gasteiger partial charge < -0.3 is 19.7 Å². The van der Waals surface area contributed by atoms with Crippen LogP contribution in [0.2, 0.25) is 0 Å². The highest BCUT2D eigenvalue weighted by molar-refractivity contribution is 5.95. The number of carboxylic acid groups (broad SMARTS) is 1. The molecule has 1 aromatic carbocycles. The van der Waals surface area contributed by atoms with Crippen LogP contribution in [-0.2, 0) is 11.2 Å². The van der Waals surface area contributed by atoms with Crippen LogP contribution in [-0.4, -0.2) is 35.8 Å². The Kier molecular flexibility index (Phi) is 5.02. The van der Waals surface area contributed by atoms with Gasteiger partial charge in [-0.15, -0.1) is 0 Å². The van der Waals surface area contributed by atoms with Gasteiger partial charge in [0.05, 0.1) is 18.7 Å². The predicted octanol–water partition coefficient (Wildman–Crippen LogP) is 2.23. The minimum Gasteiger partial charge on any atom is -0.496 e. The Balaban J connectivity index is 1.65. The van der Waals surface area contributed by atoms with Gasteiger partial charge in [-0.05, 0) is 30.9 Å². The summed E-state index contributed by atoms with van der Waals surface area (Å²) in [6.07, 6.45) is 3.58. The van der Waals surface area contributed by atoms with Gasteiger partial charge in [-0.25, -0.2) is 0 Å². The van der Waals surface area contributed by atoms with Crippen molar-refractivity contribution in [2.45, 2.75) is 25.2 Å². The van der Waals surface area contributed by atoms with Crippen molar-refractivity contribution >= 4 is 11.9 Å². The number of rotatable bonds is 8. The number of carbonyl (C=O) groups excluding carboxylic acids is 1. The fraction of sp³-hybridized carbons (Fsp3) is 0.389. The second-order valence-electron chi connectivity index (χ2n) is 6.15. The van der Waals surface area contributed by atoms with Crippen LogP contribution in [0.15, 0.2) is 35.1 Å². The average molecular weight is 344 g/mol. The van der Waals surface area contributed by atoms with E-state index in [2.05, 4.69) is 10.5 Å². The Morgan fingerprint density at radius 2 is 2.16 bits per heavy atom. The first-order valence-corrected chi connectivity index (χ1v) is 8.17. The van der Waals surface area contributed by atoms with Gasteiger partial charge in [0.2, 0.25) is 0 Å². The maximum atomic E-state index is 12.3. The first kappa shape index (κ1) is 17.0. The van der Waals surface area contributed by atoms with Crippen molar-refractivity contribution in [3.05, 3.63) is 47.3 Å². The van der Waals surface area contributed by atoms with Crippen molar-refractivity contribution in [1.82, 2.24) is 10.5 Å². The highest BCUT2D eigenvalue weighted by Crippen LogP contribution is 2.40. The Labute approximate surface area is 145 Å². The van der Waals surface area contributed by atoms with Gasteiger partial charge in [0.1, 0.15) is 17.6 Å². The molecule has 1 aliphatic carbocycles. The highest BCUT2D eigenvalue weighted by atomic mass is 16.5. The van der Waals surface area contributed by atoms with E-state index in [0.29, 0.717) is 17.0 Å². The summed E-state index contributed by atoms with van der Waals surface area (Å²) in [6.45, 7) is 0.0154. The Morgan fingerprint density at radius 1 is 1.40 bits per heavy atom. The van der Waals surface area contributed by atoms with Crippen LogP contribution in [0.1, 0.15) is 40.4 Å². The molecule has 1 aliphatic rings. The van der Waals surface area contributed by atoms with Gasteiger partial charge in [-0.3, -0.25) is 9.59 Å². The standard InChI is InChI=1S/C18H20N2O5/c1-24-15-5-3-2-4-12(15)8-13(18(22)23)9-19-17(21)14-10-25-20-16(14)11-6-7-11/h2-5,10-11,13H,6-9H2,1H3,(H,19,21)(H,22,23). The van der Waals surface area contributed by atoms with Crippen LogP contribution in [0.3, 0.4) is 0 Å². The Hall–Kier alpha value is -2.83. The van der Waals surface area contributed by atoms with Crippen LogP contribution in [0.4, 0.5) is 0 Å². The number of aromatic nitrogens is 1. The number of carbonyl (C=O) groups is 2. The van der Waals surface area contributed by atoms with Crippen LogP contribution < -0.4 is 10.1 Å². The zero-order chi connectivity index (χ0) is 17.8. The second-order valence-corrected chi connectivity index (χ2v) is 6.15. The van der Waals surface area contributed by atoms with Crippen molar-refractivity contribution in [2.75, 3.05) is 13.7 Å². The molecule has 1 saturated carbocycles. The number of benzene rings is 1. The Bertz CT molecular complexity index is 766. The molecular weight excluding hydrogens is 324 g/mol. The zero-order valence-corrected chi connectivity index (χ0v) is 13.9. The highest BCUT2D eigenvalue weighted by Gasteiger charge is 2.32. The van der Waals surface area contributed by atoms with Gasteiger partial charge in [0.15, 0.2) is 0 Å². The number of ether oxygens (including phenoxy) is 1. The minimum absolute atomic E-state index is 0.0154. The first-order chi connectivity index (χ1) is 12.1. The molecule has 1 atom stereocenters. The van der Waals surface area contributed by atoms with Crippen molar-refractivity contribution in [1.29, 1.82) is 0 Å². The number of carboxylic acids is 1. The number of hydrogen-bond acceptors (Lipinski definition) is 5. The molecule has 1 amide bonds. The molecule has 7 heteroatoms. The summed E-state index contributed by atoms with van der Waals surface area (Å²) in [7, 11) is 1.54. The molecule has 132 valence electrons. The van der Waals surface area contributed by atoms with E-state index >= 15 is 0 Å². The van der Waals surface area contributed by atoms with Crippen molar-refractivity contribution < 1.29 is 24.0 Å². The van der Waals surface area contributed by atoms with Gasteiger partial charge >= 0.3 is 5.97 Å². The third-order valence-electron chi connectivity index (χ3n) is 4.32. The number of para-hydroxylation sites is 1. The molecule has 0 bridgehead atoms. The molecule has 0 spiro atoms.